The summed E-state index contributed by atoms with van der Waals surface area (Å²) in [6.07, 6.45) is 1.43. The first-order valence-electron chi connectivity index (χ1n) is 7.96. The summed E-state index contributed by atoms with van der Waals surface area (Å²) in [5.74, 6) is -0.144. The second-order valence-electron chi connectivity index (χ2n) is 5.77. The first kappa shape index (κ1) is 16.5. The summed E-state index contributed by atoms with van der Waals surface area (Å²) >= 11 is 0. The number of hydrazone groups is 1. The van der Waals surface area contributed by atoms with Crippen molar-refractivity contribution in [3.8, 4) is 5.75 Å². The van der Waals surface area contributed by atoms with Crippen LogP contribution in [0.3, 0.4) is 0 Å². The van der Waals surface area contributed by atoms with E-state index in [0.29, 0.717) is 5.56 Å². The minimum Gasteiger partial charge on any atom is -0.507 e. The van der Waals surface area contributed by atoms with Gasteiger partial charge in [0.25, 0.3) is 5.91 Å². The molecule has 0 spiro atoms. The molecule has 0 aromatic heterocycles. The summed E-state index contributed by atoms with van der Waals surface area (Å²) in [7, 11) is 0. The molecule has 5 heteroatoms. The van der Waals surface area contributed by atoms with Crippen molar-refractivity contribution >= 4 is 28.6 Å². The predicted molar refractivity (Wildman–Crippen MR) is 101 cm³/mol. The zero-order chi connectivity index (χ0) is 17.6. The van der Waals surface area contributed by atoms with Gasteiger partial charge in [0.05, 0.1) is 12.8 Å². The third-order valence-electron chi connectivity index (χ3n) is 3.78. The number of nitrogens with zero attached hydrogens (tertiary/aromatic N) is 1. The van der Waals surface area contributed by atoms with E-state index < -0.39 is 0 Å². The van der Waals surface area contributed by atoms with Gasteiger partial charge in [0.2, 0.25) is 0 Å². The summed E-state index contributed by atoms with van der Waals surface area (Å²) < 4.78 is 0. The lowest BCUT2D eigenvalue weighted by Gasteiger charge is -2.07. The Hall–Kier alpha value is -3.34. The number of aryl methyl sites for hydroxylation is 1. The number of amides is 1. The molecule has 0 saturated carbocycles. The molecule has 25 heavy (non-hydrogen) atoms. The highest BCUT2D eigenvalue weighted by Gasteiger charge is 2.02. The SMILES string of the molecule is Cc1ccc(O)c(C=NNC(=O)CNc2ccc3ccccc3c2)c1. The maximum absolute atomic E-state index is 11.9. The quantitative estimate of drug-likeness (QED) is 0.495. The second-order valence-corrected chi connectivity index (χ2v) is 5.77. The van der Waals surface area contributed by atoms with Crippen LogP contribution in [0, 0.1) is 6.92 Å². The van der Waals surface area contributed by atoms with Gasteiger partial charge in [-0.05, 0) is 42.0 Å². The maximum atomic E-state index is 11.9. The third kappa shape index (κ3) is 4.35. The van der Waals surface area contributed by atoms with Crippen molar-refractivity contribution in [1.82, 2.24) is 5.43 Å². The van der Waals surface area contributed by atoms with E-state index in [4.69, 9.17) is 0 Å². The smallest absolute Gasteiger partial charge is 0.259 e. The topological polar surface area (TPSA) is 73.7 Å². The number of benzene rings is 3. The minimum absolute atomic E-state index is 0.107. The molecule has 0 atom stereocenters. The molecule has 0 aliphatic rings. The molecular formula is C20H19N3O2. The molecule has 3 aromatic carbocycles. The molecular weight excluding hydrogens is 314 g/mol. The summed E-state index contributed by atoms with van der Waals surface area (Å²) in [4.78, 5) is 11.9. The normalized spacial score (nSPS) is 10.9. The van der Waals surface area contributed by atoms with Crippen LogP contribution in [0.1, 0.15) is 11.1 Å². The van der Waals surface area contributed by atoms with Crippen LogP contribution in [-0.2, 0) is 4.79 Å². The van der Waals surface area contributed by atoms with Crippen LogP contribution in [0.2, 0.25) is 0 Å². The fraction of sp³-hybridized carbons (Fsp3) is 0.100. The van der Waals surface area contributed by atoms with Gasteiger partial charge in [-0.15, -0.1) is 0 Å². The highest BCUT2D eigenvalue weighted by Crippen LogP contribution is 2.18. The van der Waals surface area contributed by atoms with E-state index in [1.165, 1.54) is 6.21 Å². The highest BCUT2D eigenvalue weighted by molar-refractivity contribution is 5.88. The molecule has 5 nitrogen and oxygen atoms in total. The number of hydrogen-bond acceptors (Lipinski definition) is 4. The van der Waals surface area contributed by atoms with Crippen molar-refractivity contribution in [3.05, 3.63) is 71.8 Å². The fourth-order valence-corrected chi connectivity index (χ4v) is 2.47. The van der Waals surface area contributed by atoms with Crippen molar-refractivity contribution in [2.24, 2.45) is 5.10 Å². The number of carbonyl (C=O) groups is 1. The standard InChI is InChI=1S/C20H19N3O2/c1-14-6-9-19(24)17(10-14)12-22-23-20(25)13-21-18-8-7-15-4-2-3-5-16(15)11-18/h2-12,21,24H,13H2,1H3,(H,23,25). The summed E-state index contributed by atoms with van der Waals surface area (Å²) in [5, 5.41) is 18.9. The Bertz CT molecular complexity index is 935. The summed E-state index contributed by atoms with van der Waals surface area (Å²) in [6.45, 7) is 2.03. The van der Waals surface area contributed by atoms with E-state index in [0.717, 1.165) is 22.0 Å². The van der Waals surface area contributed by atoms with Gasteiger partial charge in [-0.2, -0.15) is 5.10 Å². The number of carbonyl (C=O) groups excluding carboxylic acids is 1. The number of aromatic hydroxyl groups is 1. The van der Waals surface area contributed by atoms with Crippen molar-refractivity contribution in [2.75, 3.05) is 11.9 Å². The molecule has 0 aliphatic carbocycles. The van der Waals surface area contributed by atoms with Gasteiger partial charge in [0, 0.05) is 11.3 Å². The molecule has 126 valence electrons. The predicted octanol–water partition coefficient (Wildman–Crippen LogP) is 3.42. The first-order chi connectivity index (χ1) is 12.1. The third-order valence-corrected chi connectivity index (χ3v) is 3.78. The number of fused-ring (bicyclic) bond motifs is 1. The van der Waals surface area contributed by atoms with Crippen molar-refractivity contribution in [3.63, 3.8) is 0 Å². The first-order valence-corrected chi connectivity index (χ1v) is 7.96. The number of anilines is 1. The van der Waals surface area contributed by atoms with Crippen LogP contribution in [-0.4, -0.2) is 23.8 Å². The van der Waals surface area contributed by atoms with Crippen LogP contribution < -0.4 is 10.7 Å². The highest BCUT2D eigenvalue weighted by atomic mass is 16.3. The Balaban J connectivity index is 1.55. The Morgan fingerprint density at radius 3 is 2.72 bits per heavy atom. The van der Waals surface area contributed by atoms with Crippen LogP contribution in [0.25, 0.3) is 10.8 Å². The summed E-state index contributed by atoms with van der Waals surface area (Å²) in [6, 6.07) is 19.2. The van der Waals surface area contributed by atoms with E-state index in [9.17, 15) is 9.90 Å². The monoisotopic (exact) mass is 333 g/mol. The Morgan fingerprint density at radius 2 is 1.88 bits per heavy atom. The van der Waals surface area contributed by atoms with Gasteiger partial charge < -0.3 is 10.4 Å². The molecule has 3 rings (SSSR count). The van der Waals surface area contributed by atoms with Gasteiger partial charge in [0.15, 0.2) is 0 Å². The molecule has 3 aromatic rings. The largest absolute Gasteiger partial charge is 0.507 e. The van der Waals surface area contributed by atoms with Crippen molar-refractivity contribution < 1.29 is 9.90 Å². The van der Waals surface area contributed by atoms with E-state index in [1.54, 1.807) is 18.2 Å². The number of rotatable bonds is 5. The lowest BCUT2D eigenvalue weighted by atomic mass is 10.1. The second kappa shape index (κ2) is 7.49. The Morgan fingerprint density at radius 1 is 1.08 bits per heavy atom. The van der Waals surface area contributed by atoms with Crippen molar-refractivity contribution in [2.45, 2.75) is 6.92 Å². The van der Waals surface area contributed by atoms with Crippen molar-refractivity contribution in [1.29, 1.82) is 0 Å². The van der Waals surface area contributed by atoms with Crippen LogP contribution in [0.4, 0.5) is 5.69 Å². The molecule has 0 bridgehead atoms. The molecule has 3 N–H and O–H groups in total. The maximum Gasteiger partial charge on any atom is 0.259 e. The molecule has 0 radical (unpaired) electrons. The van der Waals surface area contributed by atoms with Gasteiger partial charge in [0.1, 0.15) is 5.75 Å². The minimum atomic E-state index is -0.267. The summed E-state index contributed by atoms with van der Waals surface area (Å²) in [5.41, 5.74) is 4.87. The molecule has 0 heterocycles. The van der Waals surface area contributed by atoms with E-state index >= 15 is 0 Å². The number of nitrogens with one attached hydrogen (secondary N) is 2. The van der Waals surface area contributed by atoms with E-state index in [1.807, 2.05) is 49.4 Å². The van der Waals surface area contributed by atoms with E-state index in [-0.39, 0.29) is 18.2 Å². The van der Waals surface area contributed by atoms with Gasteiger partial charge in [-0.3, -0.25) is 4.79 Å². The number of phenolic OH excluding ortho intramolecular Hbond substituents is 1. The van der Waals surface area contributed by atoms with E-state index in [2.05, 4.69) is 15.8 Å². The number of phenols is 1. The Labute approximate surface area is 146 Å². The molecule has 0 saturated heterocycles. The lowest BCUT2D eigenvalue weighted by Crippen LogP contribution is -2.25. The molecule has 0 fully saturated rings. The van der Waals surface area contributed by atoms with Gasteiger partial charge in [-0.1, -0.05) is 42.0 Å². The average molecular weight is 333 g/mol. The van der Waals surface area contributed by atoms with Gasteiger partial charge in [-0.25, -0.2) is 5.43 Å². The molecule has 0 aliphatic heterocycles. The van der Waals surface area contributed by atoms with Crippen LogP contribution >= 0.6 is 0 Å². The zero-order valence-corrected chi connectivity index (χ0v) is 13.9. The Kier molecular flexibility index (Phi) is 4.95. The number of hydrogen-bond donors (Lipinski definition) is 3. The fourth-order valence-electron chi connectivity index (χ4n) is 2.47. The lowest BCUT2D eigenvalue weighted by molar-refractivity contribution is -0.119. The van der Waals surface area contributed by atoms with Crippen LogP contribution in [0.15, 0.2) is 65.8 Å². The molecule has 1 amide bonds. The molecule has 0 unspecified atom stereocenters. The average Bonchev–Trinajstić information content (AvgIpc) is 2.62. The van der Waals surface area contributed by atoms with Gasteiger partial charge >= 0.3 is 0 Å². The zero-order valence-electron chi connectivity index (χ0n) is 13.9. The van der Waals surface area contributed by atoms with Crippen LogP contribution in [0.5, 0.6) is 5.75 Å².